The molecular weight excluding hydrogens is 444 g/mol. The maximum Gasteiger partial charge on any atom is 0.295 e. The Kier molecular flexibility index (Phi) is 6.62. The summed E-state index contributed by atoms with van der Waals surface area (Å²) in [6.07, 6.45) is 1.71. The zero-order chi connectivity index (χ0) is 24.5. The normalized spacial score (nSPS) is 24.0. The first kappa shape index (κ1) is 23.6. The molecule has 35 heavy (non-hydrogen) atoms. The average molecular weight is 477 g/mol. The van der Waals surface area contributed by atoms with Crippen molar-refractivity contribution in [1.82, 2.24) is 9.80 Å². The molecule has 1 N–H and O–H groups in total. The summed E-state index contributed by atoms with van der Waals surface area (Å²) < 4.78 is 11.2. The summed E-state index contributed by atoms with van der Waals surface area (Å²) in [5.74, 6) is -0.544. The Morgan fingerprint density at radius 3 is 2.51 bits per heavy atom. The van der Waals surface area contributed by atoms with Crippen LogP contribution in [0.5, 0.6) is 5.75 Å². The van der Waals surface area contributed by atoms with E-state index < -0.39 is 17.7 Å². The molecule has 0 unspecified atom stereocenters. The van der Waals surface area contributed by atoms with Gasteiger partial charge in [-0.3, -0.25) is 14.5 Å². The van der Waals surface area contributed by atoms with Crippen LogP contribution in [0.1, 0.15) is 42.1 Å². The summed E-state index contributed by atoms with van der Waals surface area (Å²) in [6, 6.07) is 12.8. The molecule has 0 bridgehead atoms. The zero-order valence-electron chi connectivity index (χ0n) is 20.3. The van der Waals surface area contributed by atoms with E-state index >= 15 is 0 Å². The number of ketones is 1. The van der Waals surface area contributed by atoms with Gasteiger partial charge < -0.3 is 19.5 Å². The number of hydrogen-bond donors (Lipinski definition) is 1. The SMILES string of the molecule is CCc1ccc([C@H]2C(=C(O)c3ccc4c(c3)C[C@H](C)O4)C(=O)C(=O)N2CCN2CCOCC2)cc1. The van der Waals surface area contributed by atoms with Gasteiger partial charge in [0.2, 0.25) is 0 Å². The van der Waals surface area contributed by atoms with Crippen molar-refractivity contribution in [1.29, 1.82) is 0 Å². The predicted molar refractivity (Wildman–Crippen MR) is 132 cm³/mol. The molecule has 7 nitrogen and oxygen atoms in total. The molecule has 0 radical (unpaired) electrons. The van der Waals surface area contributed by atoms with E-state index in [1.165, 1.54) is 5.56 Å². The van der Waals surface area contributed by atoms with Gasteiger partial charge >= 0.3 is 0 Å². The Morgan fingerprint density at radius 2 is 1.80 bits per heavy atom. The summed E-state index contributed by atoms with van der Waals surface area (Å²) in [5.41, 5.74) is 3.66. The Hall–Kier alpha value is -3.16. The van der Waals surface area contributed by atoms with Crippen LogP contribution in [0.3, 0.4) is 0 Å². The number of carbonyl (C=O) groups excluding carboxylic acids is 2. The van der Waals surface area contributed by atoms with Crippen molar-refractivity contribution in [2.24, 2.45) is 0 Å². The number of aliphatic hydroxyl groups excluding tert-OH is 1. The van der Waals surface area contributed by atoms with Gasteiger partial charge in [-0.1, -0.05) is 31.2 Å². The molecule has 0 aromatic heterocycles. The van der Waals surface area contributed by atoms with Gasteiger partial charge in [-0.25, -0.2) is 0 Å². The van der Waals surface area contributed by atoms with Crippen molar-refractivity contribution in [2.75, 3.05) is 39.4 Å². The highest BCUT2D eigenvalue weighted by molar-refractivity contribution is 6.46. The van der Waals surface area contributed by atoms with Crippen LogP contribution in [0.15, 0.2) is 48.0 Å². The molecule has 3 heterocycles. The van der Waals surface area contributed by atoms with Crippen LogP contribution in [-0.4, -0.2) is 72.1 Å². The fourth-order valence-electron chi connectivity index (χ4n) is 5.19. The average Bonchev–Trinajstić information content (AvgIpc) is 3.38. The van der Waals surface area contributed by atoms with E-state index in [-0.39, 0.29) is 17.4 Å². The number of amides is 1. The second-order valence-corrected chi connectivity index (χ2v) is 9.50. The third-order valence-corrected chi connectivity index (χ3v) is 7.17. The first-order chi connectivity index (χ1) is 17.0. The molecule has 7 heteroatoms. The lowest BCUT2D eigenvalue weighted by Crippen LogP contribution is -2.42. The zero-order valence-corrected chi connectivity index (χ0v) is 20.3. The van der Waals surface area contributed by atoms with Crippen molar-refractivity contribution in [3.8, 4) is 5.75 Å². The minimum absolute atomic E-state index is 0.0743. The summed E-state index contributed by atoms with van der Waals surface area (Å²) in [6.45, 7) is 8.07. The van der Waals surface area contributed by atoms with Gasteiger partial charge in [0.05, 0.1) is 24.8 Å². The van der Waals surface area contributed by atoms with Crippen LogP contribution in [-0.2, 0) is 27.2 Å². The van der Waals surface area contributed by atoms with E-state index in [0.29, 0.717) is 31.9 Å². The number of fused-ring (bicyclic) bond motifs is 1. The Balaban J connectivity index is 1.53. The van der Waals surface area contributed by atoms with E-state index in [4.69, 9.17) is 9.47 Å². The van der Waals surface area contributed by atoms with E-state index in [9.17, 15) is 14.7 Å². The Morgan fingerprint density at radius 1 is 1.06 bits per heavy atom. The molecule has 2 atom stereocenters. The van der Waals surface area contributed by atoms with Crippen molar-refractivity contribution < 1.29 is 24.2 Å². The number of Topliss-reactive ketones (excluding diaryl/α,β-unsaturated/α-hetero) is 1. The maximum atomic E-state index is 13.3. The molecule has 0 saturated carbocycles. The Labute approximate surface area is 205 Å². The molecule has 3 aliphatic rings. The highest BCUT2D eigenvalue weighted by atomic mass is 16.5. The smallest absolute Gasteiger partial charge is 0.295 e. The second-order valence-electron chi connectivity index (χ2n) is 9.50. The topological polar surface area (TPSA) is 79.3 Å². The third kappa shape index (κ3) is 4.58. The van der Waals surface area contributed by atoms with Crippen LogP contribution >= 0.6 is 0 Å². The number of ether oxygens (including phenoxy) is 2. The number of hydrogen-bond acceptors (Lipinski definition) is 6. The molecule has 0 aliphatic carbocycles. The lowest BCUT2D eigenvalue weighted by atomic mass is 9.93. The number of aliphatic hydroxyl groups is 1. The summed E-state index contributed by atoms with van der Waals surface area (Å²) in [7, 11) is 0. The monoisotopic (exact) mass is 476 g/mol. The number of carbonyl (C=O) groups is 2. The molecular formula is C28H32N2O5. The number of nitrogens with zero attached hydrogens (tertiary/aromatic N) is 2. The quantitative estimate of drug-likeness (QED) is 0.392. The van der Waals surface area contributed by atoms with E-state index in [1.807, 2.05) is 43.3 Å². The van der Waals surface area contributed by atoms with Crippen LogP contribution in [0.4, 0.5) is 0 Å². The number of benzene rings is 2. The number of likely N-dealkylation sites (tertiary alicyclic amines) is 1. The minimum atomic E-state index is -0.640. The molecule has 2 fully saturated rings. The van der Waals surface area contributed by atoms with Crippen molar-refractivity contribution in [2.45, 2.75) is 38.8 Å². The van der Waals surface area contributed by atoms with Crippen LogP contribution in [0.2, 0.25) is 0 Å². The van der Waals surface area contributed by atoms with Gasteiger partial charge in [-0.05, 0) is 48.2 Å². The molecule has 2 aromatic carbocycles. The predicted octanol–water partition coefficient (Wildman–Crippen LogP) is 3.33. The van der Waals surface area contributed by atoms with Crippen molar-refractivity contribution in [3.63, 3.8) is 0 Å². The fraction of sp³-hybridized carbons (Fsp3) is 0.429. The number of morpholine rings is 1. The van der Waals surface area contributed by atoms with Crippen LogP contribution in [0.25, 0.3) is 5.76 Å². The molecule has 2 aromatic rings. The van der Waals surface area contributed by atoms with Crippen LogP contribution < -0.4 is 4.74 Å². The summed E-state index contributed by atoms with van der Waals surface area (Å²) in [5, 5.41) is 11.4. The third-order valence-electron chi connectivity index (χ3n) is 7.17. The summed E-state index contributed by atoms with van der Waals surface area (Å²) >= 11 is 0. The maximum absolute atomic E-state index is 13.3. The van der Waals surface area contributed by atoms with E-state index in [0.717, 1.165) is 42.8 Å². The van der Waals surface area contributed by atoms with Gasteiger partial charge in [0.25, 0.3) is 11.7 Å². The van der Waals surface area contributed by atoms with Gasteiger partial charge in [0.1, 0.15) is 17.6 Å². The Bertz CT molecular complexity index is 1150. The van der Waals surface area contributed by atoms with E-state index in [2.05, 4.69) is 11.8 Å². The minimum Gasteiger partial charge on any atom is -0.507 e. The number of aryl methyl sites for hydroxylation is 1. The molecule has 1 amide bonds. The standard InChI is InChI=1S/C28H32N2O5/c1-3-19-4-6-20(7-5-19)25-24(26(31)21-8-9-23-22(17-21)16-18(2)35-23)27(32)28(33)30(25)11-10-29-12-14-34-15-13-29/h4-9,17-18,25,31H,3,10-16H2,1-2H3/t18-,25-/m0/s1. The molecule has 0 spiro atoms. The second kappa shape index (κ2) is 9.84. The van der Waals surface area contributed by atoms with Gasteiger partial charge in [0, 0.05) is 38.2 Å². The lowest BCUT2D eigenvalue weighted by Gasteiger charge is -2.31. The highest BCUT2D eigenvalue weighted by Gasteiger charge is 2.46. The molecule has 3 aliphatic heterocycles. The van der Waals surface area contributed by atoms with Gasteiger partial charge in [-0.15, -0.1) is 0 Å². The van der Waals surface area contributed by atoms with Crippen molar-refractivity contribution >= 4 is 17.4 Å². The molecule has 2 saturated heterocycles. The molecule has 5 rings (SSSR count). The van der Waals surface area contributed by atoms with E-state index in [1.54, 1.807) is 11.0 Å². The first-order valence-corrected chi connectivity index (χ1v) is 12.4. The largest absolute Gasteiger partial charge is 0.507 e. The van der Waals surface area contributed by atoms with Gasteiger partial charge in [-0.2, -0.15) is 0 Å². The van der Waals surface area contributed by atoms with Crippen LogP contribution in [0, 0.1) is 0 Å². The highest BCUT2D eigenvalue weighted by Crippen LogP contribution is 2.40. The van der Waals surface area contributed by atoms with Crippen molar-refractivity contribution in [3.05, 3.63) is 70.3 Å². The number of rotatable bonds is 6. The molecule has 184 valence electrons. The van der Waals surface area contributed by atoms with Gasteiger partial charge in [0.15, 0.2) is 0 Å². The summed E-state index contributed by atoms with van der Waals surface area (Å²) in [4.78, 5) is 30.4. The first-order valence-electron chi connectivity index (χ1n) is 12.4. The fourth-order valence-corrected chi connectivity index (χ4v) is 5.19. The lowest BCUT2D eigenvalue weighted by molar-refractivity contribution is -0.140.